The van der Waals surface area contributed by atoms with Crippen molar-refractivity contribution in [3.05, 3.63) is 120 Å². The maximum Gasteiger partial charge on any atom is 0.231 e. The summed E-state index contributed by atoms with van der Waals surface area (Å²) in [6, 6.07) is 27.3. The number of carbonyl (C=O) groups is 1. The Labute approximate surface area is 232 Å². The minimum absolute atomic E-state index is 0.0972. The quantitative estimate of drug-likeness (QED) is 0.255. The molecule has 8 heteroatoms. The second-order valence-corrected chi connectivity index (χ2v) is 9.49. The zero-order chi connectivity index (χ0) is 27.3. The average molecular weight is 536 g/mol. The zero-order valence-corrected chi connectivity index (χ0v) is 22.1. The van der Waals surface area contributed by atoms with E-state index in [1.54, 1.807) is 7.11 Å². The Morgan fingerprint density at radius 3 is 2.62 bits per heavy atom. The molecule has 1 aliphatic rings. The highest BCUT2D eigenvalue weighted by molar-refractivity contribution is 5.78. The third-order valence-corrected chi connectivity index (χ3v) is 6.95. The lowest BCUT2D eigenvalue weighted by Crippen LogP contribution is -2.25. The first kappa shape index (κ1) is 25.3. The molecule has 8 nitrogen and oxygen atoms in total. The molecule has 0 bridgehead atoms. The molecule has 0 saturated carbocycles. The van der Waals surface area contributed by atoms with Gasteiger partial charge in [-0.05, 0) is 41.5 Å². The molecule has 0 spiro atoms. The summed E-state index contributed by atoms with van der Waals surface area (Å²) in [7, 11) is 1.64. The van der Waals surface area contributed by atoms with Crippen LogP contribution in [-0.2, 0) is 17.9 Å². The maximum atomic E-state index is 13.3. The van der Waals surface area contributed by atoms with Crippen LogP contribution < -0.4 is 24.3 Å². The van der Waals surface area contributed by atoms with Crippen molar-refractivity contribution in [3.8, 4) is 23.0 Å². The van der Waals surface area contributed by atoms with Crippen molar-refractivity contribution in [1.29, 1.82) is 0 Å². The van der Waals surface area contributed by atoms with Crippen LogP contribution in [0.15, 0.2) is 97.3 Å². The number of ether oxygens (including phenoxy) is 4. The molecule has 3 heterocycles. The van der Waals surface area contributed by atoms with Crippen LogP contribution in [0.2, 0.25) is 0 Å². The van der Waals surface area contributed by atoms with Crippen molar-refractivity contribution in [2.75, 3.05) is 13.9 Å². The van der Waals surface area contributed by atoms with Crippen LogP contribution in [-0.4, -0.2) is 29.2 Å². The van der Waals surface area contributed by atoms with Crippen LogP contribution in [0.3, 0.4) is 0 Å². The van der Waals surface area contributed by atoms with Crippen molar-refractivity contribution in [2.24, 2.45) is 0 Å². The Bertz CT molecular complexity index is 1630. The number of rotatable bonds is 10. The van der Waals surface area contributed by atoms with E-state index in [-0.39, 0.29) is 25.0 Å². The molecule has 1 atom stereocenters. The minimum atomic E-state index is -0.313. The molecule has 1 unspecified atom stereocenters. The van der Waals surface area contributed by atoms with Gasteiger partial charge in [-0.15, -0.1) is 0 Å². The van der Waals surface area contributed by atoms with Gasteiger partial charge >= 0.3 is 0 Å². The van der Waals surface area contributed by atoms with Crippen LogP contribution in [0, 0.1) is 0 Å². The number of benzene rings is 3. The van der Waals surface area contributed by atoms with E-state index in [4.69, 9.17) is 23.9 Å². The SMILES string of the molecule is COc1ccccc1C(CC(=O)NCc1ccc2c(c1)OCO2)c1cnc2c(OCc3ccccc3)cccn12. The molecule has 5 aromatic rings. The van der Waals surface area contributed by atoms with E-state index >= 15 is 0 Å². The molecule has 1 aliphatic heterocycles. The number of hydrogen-bond acceptors (Lipinski definition) is 6. The number of para-hydroxylation sites is 1. The van der Waals surface area contributed by atoms with E-state index in [1.165, 1.54) is 0 Å². The van der Waals surface area contributed by atoms with E-state index in [0.29, 0.717) is 41.8 Å². The molecule has 0 aliphatic carbocycles. The fourth-order valence-corrected chi connectivity index (χ4v) is 4.95. The van der Waals surface area contributed by atoms with Crippen molar-refractivity contribution in [2.45, 2.75) is 25.5 Å². The van der Waals surface area contributed by atoms with E-state index in [1.807, 2.05) is 102 Å². The lowest BCUT2D eigenvalue weighted by molar-refractivity contribution is -0.121. The fourth-order valence-electron chi connectivity index (χ4n) is 4.95. The topological polar surface area (TPSA) is 83.3 Å². The first-order valence-electron chi connectivity index (χ1n) is 13.1. The van der Waals surface area contributed by atoms with Gasteiger partial charge in [-0.1, -0.05) is 54.6 Å². The summed E-state index contributed by atoms with van der Waals surface area (Å²) in [5.74, 6) is 2.37. The Balaban J connectivity index is 1.27. The smallest absolute Gasteiger partial charge is 0.231 e. The van der Waals surface area contributed by atoms with Crippen molar-refractivity contribution >= 4 is 11.6 Å². The van der Waals surface area contributed by atoms with Gasteiger partial charge in [0.1, 0.15) is 12.4 Å². The zero-order valence-electron chi connectivity index (χ0n) is 22.1. The Kier molecular flexibility index (Phi) is 7.22. The molecule has 3 aromatic carbocycles. The fraction of sp³-hybridized carbons (Fsp3) is 0.188. The van der Waals surface area contributed by atoms with Gasteiger partial charge in [0.05, 0.1) is 12.8 Å². The number of aromatic nitrogens is 2. The van der Waals surface area contributed by atoms with Gasteiger partial charge in [-0.2, -0.15) is 0 Å². The van der Waals surface area contributed by atoms with Crippen molar-refractivity contribution in [1.82, 2.24) is 14.7 Å². The number of methoxy groups -OCH3 is 1. The van der Waals surface area contributed by atoms with Crippen LogP contribution in [0.5, 0.6) is 23.0 Å². The molecule has 0 radical (unpaired) electrons. The summed E-state index contributed by atoms with van der Waals surface area (Å²) < 4.78 is 24.7. The van der Waals surface area contributed by atoms with E-state index in [2.05, 4.69) is 5.32 Å². The second kappa shape index (κ2) is 11.4. The molecular weight excluding hydrogens is 506 g/mol. The number of hydrogen-bond donors (Lipinski definition) is 1. The lowest BCUT2D eigenvalue weighted by Gasteiger charge is -2.20. The minimum Gasteiger partial charge on any atom is -0.496 e. The van der Waals surface area contributed by atoms with E-state index in [9.17, 15) is 4.79 Å². The van der Waals surface area contributed by atoms with Gasteiger partial charge in [-0.25, -0.2) is 4.98 Å². The monoisotopic (exact) mass is 535 g/mol. The average Bonchev–Trinajstić information content (AvgIpc) is 3.65. The maximum absolute atomic E-state index is 13.3. The molecule has 0 fully saturated rings. The molecule has 6 rings (SSSR count). The van der Waals surface area contributed by atoms with Crippen LogP contribution in [0.1, 0.15) is 34.7 Å². The van der Waals surface area contributed by atoms with Gasteiger partial charge in [0.2, 0.25) is 12.7 Å². The van der Waals surface area contributed by atoms with Gasteiger partial charge in [0, 0.05) is 36.8 Å². The summed E-state index contributed by atoms with van der Waals surface area (Å²) in [4.78, 5) is 18.0. The molecule has 2 aromatic heterocycles. The number of amides is 1. The van der Waals surface area contributed by atoms with Gasteiger partial charge in [0.25, 0.3) is 0 Å². The first-order valence-corrected chi connectivity index (χ1v) is 13.1. The van der Waals surface area contributed by atoms with Crippen LogP contribution >= 0.6 is 0 Å². The first-order chi connectivity index (χ1) is 19.7. The summed E-state index contributed by atoms with van der Waals surface area (Å²) >= 11 is 0. The van der Waals surface area contributed by atoms with E-state index < -0.39 is 0 Å². The normalized spacial score (nSPS) is 12.7. The molecule has 1 amide bonds. The number of nitrogens with one attached hydrogen (secondary N) is 1. The van der Waals surface area contributed by atoms with Gasteiger partial charge < -0.3 is 28.7 Å². The third-order valence-electron chi connectivity index (χ3n) is 6.95. The second-order valence-electron chi connectivity index (χ2n) is 9.49. The van der Waals surface area contributed by atoms with E-state index in [0.717, 1.165) is 22.4 Å². The third kappa shape index (κ3) is 5.29. The summed E-state index contributed by atoms with van der Waals surface area (Å²) in [5.41, 5.74) is 4.46. The number of pyridine rings is 1. The van der Waals surface area contributed by atoms with Crippen molar-refractivity contribution in [3.63, 3.8) is 0 Å². The largest absolute Gasteiger partial charge is 0.496 e. The predicted molar refractivity (Wildman–Crippen MR) is 150 cm³/mol. The highest BCUT2D eigenvalue weighted by Gasteiger charge is 2.25. The molecular formula is C32H29N3O5. The Morgan fingerprint density at radius 1 is 0.950 bits per heavy atom. The number of imidazole rings is 1. The predicted octanol–water partition coefficient (Wildman–Crippen LogP) is 5.49. The number of carbonyl (C=O) groups excluding carboxylic acids is 1. The Morgan fingerprint density at radius 2 is 1.75 bits per heavy atom. The molecule has 0 saturated heterocycles. The number of nitrogens with zero attached hydrogens (tertiary/aromatic N) is 2. The molecule has 202 valence electrons. The lowest BCUT2D eigenvalue weighted by atomic mass is 9.91. The van der Waals surface area contributed by atoms with Gasteiger partial charge in [-0.3, -0.25) is 4.79 Å². The number of fused-ring (bicyclic) bond motifs is 2. The van der Waals surface area contributed by atoms with Crippen molar-refractivity contribution < 1.29 is 23.7 Å². The standard InChI is InChI=1S/C32H29N3O5/c1-37-27-11-6-5-10-24(27)25(17-31(36)33-18-23-13-14-28-30(16-23)40-21-39-28)26-19-34-32-29(12-7-15-35(26)32)38-20-22-8-3-2-4-9-22/h2-16,19,25H,17-18,20-21H2,1H3,(H,33,36). The highest BCUT2D eigenvalue weighted by atomic mass is 16.7. The molecule has 1 N–H and O–H groups in total. The Hall–Kier alpha value is -4.98. The summed E-state index contributed by atoms with van der Waals surface area (Å²) in [5, 5.41) is 3.06. The summed E-state index contributed by atoms with van der Waals surface area (Å²) in [6.07, 6.45) is 3.96. The highest BCUT2D eigenvalue weighted by Crippen LogP contribution is 2.36. The van der Waals surface area contributed by atoms with Gasteiger partial charge in [0.15, 0.2) is 22.9 Å². The molecule has 40 heavy (non-hydrogen) atoms. The summed E-state index contributed by atoms with van der Waals surface area (Å²) in [6.45, 7) is 1.02. The van der Waals surface area contributed by atoms with Crippen LogP contribution in [0.4, 0.5) is 0 Å². The van der Waals surface area contributed by atoms with Crippen LogP contribution in [0.25, 0.3) is 5.65 Å².